The molecule has 8 bridgehead atoms. The first-order valence-electron chi connectivity index (χ1n) is 41.4. The van der Waals surface area contributed by atoms with Gasteiger partial charge in [0.2, 0.25) is 17.8 Å². The number of hydrogen-bond donors (Lipinski definition) is 9. The van der Waals surface area contributed by atoms with Crippen molar-refractivity contribution in [2.75, 3.05) is 49.4 Å². The number of ether oxygens (including phenoxy) is 10. The average Bonchev–Trinajstić information content (AvgIpc) is 1.59. The van der Waals surface area contributed by atoms with Gasteiger partial charge in [0.25, 0.3) is 16.7 Å². The number of anilines is 4. The molecule has 39 nitrogen and oxygen atoms in total. The number of aryl methyl sites for hydroxylation is 1. The molecule has 7 aromatic heterocycles. The van der Waals surface area contributed by atoms with Crippen LogP contribution in [0.2, 0.25) is 0 Å². The monoisotopic (exact) mass is 1770 g/mol. The van der Waals surface area contributed by atoms with Gasteiger partial charge in [0.15, 0.2) is 58.4 Å². The molecule has 0 aliphatic carbocycles. The molecular weight excluding hydrogens is 1640 g/mol. The first kappa shape index (κ1) is 94.5. The molecule has 15 rings (SSSR count). The summed E-state index contributed by atoms with van der Waals surface area (Å²) in [4.78, 5) is 107. The zero-order valence-electron chi connectivity index (χ0n) is 74.9. The number of aromatic amines is 3. The molecule has 18 atom stereocenters. The molecule has 8 saturated heterocycles. The van der Waals surface area contributed by atoms with Crippen LogP contribution in [0.4, 0.5) is 23.7 Å². The zero-order valence-corrected chi connectivity index (χ0v) is 77.5. The lowest BCUT2D eigenvalue weighted by atomic mass is 9.76. The summed E-state index contributed by atoms with van der Waals surface area (Å²) in [6, 6.07) is 0. The SMILES string of the molecule is CC(C)(C)C[C@@]12CCOC([C@H](n3cnc4c(=O)[nH]c(N)nc43)O1)[C@H]2OC(C)(C)C.CC(C)(C)C[C@@]12CCOC([C@H](n3cnc4c(=O)[nH]c(N)nc43)O1)[C@H]2OP(=O)(O)OC(C)(C)C.CC(C)(C)C[C@@]12CCOC([C@H](n3cnc4c(=O)[nH]c(N)nc43)O1)[C@H]2OP(O)(=S)OC(C)(C)C.Cc1cn([C@@H]2O[C@@]3(CC(C)(C)C)CCOC2[C@H]3OC(C)(C)C)c(=O)nc1N. The van der Waals surface area contributed by atoms with E-state index in [-0.39, 0.29) is 114 Å². The number of nitrogens with zero attached hydrogens (tertiary/aromatic N) is 11. The van der Waals surface area contributed by atoms with Crippen molar-refractivity contribution in [1.29, 1.82) is 0 Å². The summed E-state index contributed by atoms with van der Waals surface area (Å²) in [5.74, 6) is 0.188. The van der Waals surface area contributed by atoms with Crippen molar-refractivity contribution in [2.45, 2.75) is 343 Å². The Morgan fingerprint density at radius 3 is 1.02 bits per heavy atom. The quantitative estimate of drug-likeness (QED) is 0.0406. The number of nitrogens with two attached hydrogens (primary N) is 4. The number of phosphoric ester groups is 1. The molecule has 0 spiro atoms. The van der Waals surface area contributed by atoms with Gasteiger partial charge in [-0.2, -0.15) is 19.9 Å². The molecular formula is C80H128N18O21P2S. The van der Waals surface area contributed by atoms with Crippen LogP contribution in [0.15, 0.2) is 44.4 Å². The third-order valence-corrected chi connectivity index (χ3v) is 24.4. The highest BCUT2D eigenvalue weighted by molar-refractivity contribution is 8.07. The number of imidazole rings is 3. The van der Waals surface area contributed by atoms with Crippen LogP contribution in [0.5, 0.6) is 0 Å². The van der Waals surface area contributed by atoms with E-state index in [1.54, 1.807) is 67.8 Å². The molecule has 7 aromatic rings. The fourth-order valence-corrected chi connectivity index (χ4v) is 21.8. The molecule has 0 amide bonds. The number of aromatic nitrogens is 14. The maximum Gasteiger partial charge on any atom is 0.473 e. The summed E-state index contributed by atoms with van der Waals surface area (Å²) in [6.45, 7) is 48.4. The first-order chi connectivity index (χ1) is 55.9. The van der Waals surface area contributed by atoms with Gasteiger partial charge in [0.1, 0.15) is 77.1 Å². The van der Waals surface area contributed by atoms with E-state index in [1.165, 1.54) is 17.2 Å². The van der Waals surface area contributed by atoms with Gasteiger partial charge in [-0.15, -0.1) is 0 Å². The van der Waals surface area contributed by atoms with Crippen molar-refractivity contribution in [3.05, 3.63) is 72.3 Å². The minimum atomic E-state index is -4.47. The maximum absolute atomic E-state index is 12.9. The fraction of sp³-hybridized carbons (Fsp3) is 0.762. The molecule has 122 heavy (non-hydrogen) atoms. The largest absolute Gasteiger partial charge is 0.473 e. The molecule has 15 heterocycles. The maximum atomic E-state index is 12.9. The Labute approximate surface area is 714 Å². The van der Waals surface area contributed by atoms with Crippen molar-refractivity contribution in [2.24, 2.45) is 21.7 Å². The summed E-state index contributed by atoms with van der Waals surface area (Å²) >= 11 is 5.36. The molecule has 680 valence electrons. The third-order valence-electron chi connectivity index (χ3n) is 21.3. The Morgan fingerprint density at radius 2 is 0.730 bits per heavy atom. The third kappa shape index (κ3) is 21.1. The second-order valence-electron chi connectivity index (χ2n) is 42.1. The molecule has 8 aliphatic heterocycles. The highest BCUT2D eigenvalue weighted by Crippen LogP contribution is 2.61. The van der Waals surface area contributed by atoms with E-state index in [9.17, 15) is 33.5 Å². The van der Waals surface area contributed by atoms with Crippen LogP contribution in [-0.2, 0) is 81.8 Å². The van der Waals surface area contributed by atoms with E-state index >= 15 is 0 Å². The number of phosphoric acid groups is 1. The highest BCUT2D eigenvalue weighted by Gasteiger charge is 2.67. The molecule has 0 radical (unpaired) electrons. The summed E-state index contributed by atoms with van der Waals surface area (Å²) in [7, 11) is -4.47. The van der Waals surface area contributed by atoms with Gasteiger partial charge < -0.3 is 84.6 Å². The van der Waals surface area contributed by atoms with Crippen LogP contribution in [0.1, 0.15) is 248 Å². The second-order valence-corrected chi connectivity index (χ2v) is 46.2. The molecule has 8 fully saturated rings. The lowest BCUT2D eigenvalue weighted by Gasteiger charge is -2.44. The van der Waals surface area contributed by atoms with Crippen LogP contribution < -0.4 is 45.3 Å². The predicted octanol–water partition coefficient (Wildman–Crippen LogP) is 10.3. The number of H-pyrrole nitrogens is 3. The minimum absolute atomic E-state index is 0.0298. The number of nitrogens with one attached hydrogen (secondary N) is 3. The Hall–Kier alpha value is -6.63. The van der Waals surface area contributed by atoms with E-state index in [2.05, 4.69) is 133 Å². The number of rotatable bonds is 16. The van der Waals surface area contributed by atoms with Crippen LogP contribution in [-0.4, -0.2) is 198 Å². The van der Waals surface area contributed by atoms with Gasteiger partial charge in [-0.3, -0.25) is 61.2 Å². The summed E-state index contributed by atoms with van der Waals surface area (Å²) in [5, 5.41) is 0. The highest BCUT2D eigenvalue weighted by atomic mass is 32.5. The summed E-state index contributed by atoms with van der Waals surface area (Å²) < 4.78 is 106. The van der Waals surface area contributed by atoms with Crippen molar-refractivity contribution < 1.29 is 79.8 Å². The molecule has 42 heteroatoms. The Kier molecular flexibility index (Phi) is 25.7. The van der Waals surface area contributed by atoms with E-state index in [0.717, 1.165) is 31.2 Å². The van der Waals surface area contributed by atoms with Crippen molar-refractivity contribution in [1.82, 2.24) is 68.1 Å². The number of nitrogen functional groups attached to an aromatic ring is 4. The topological polar surface area (TPSA) is 516 Å². The molecule has 0 aromatic carbocycles. The fourth-order valence-electron chi connectivity index (χ4n) is 18.2. The Bertz CT molecular complexity index is 5150. The lowest BCUT2D eigenvalue weighted by Crippen LogP contribution is -2.54. The van der Waals surface area contributed by atoms with Gasteiger partial charge >= 0.3 is 20.2 Å². The van der Waals surface area contributed by atoms with Crippen LogP contribution in [0, 0.1) is 28.6 Å². The predicted molar refractivity (Wildman–Crippen MR) is 457 cm³/mol. The molecule has 6 unspecified atom stereocenters. The lowest BCUT2D eigenvalue weighted by molar-refractivity contribution is -0.195. The Balaban J connectivity index is 0.000000149. The first-order valence-corrected chi connectivity index (χ1v) is 45.5. The van der Waals surface area contributed by atoms with Crippen molar-refractivity contribution in [3.8, 4) is 0 Å². The minimum Gasteiger partial charge on any atom is -0.383 e. The van der Waals surface area contributed by atoms with E-state index in [4.69, 9.17) is 100 Å². The number of hydrogen-bond acceptors (Lipinski definition) is 31. The van der Waals surface area contributed by atoms with Crippen LogP contribution in [0.25, 0.3) is 33.5 Å². The molecule has 8 aliphatic rings. The van der Waals surface area contributed by atoms with Crippen molar-refractivity contribution >= 4 is 83.5 Å². The van der Waals surface area contributed by atoms with Crippen LogP contribution in [0.3, 0.4) is 0 Å². The van der Waals surface area contributed by atoms with Gasteiger partial charge in [0.05, 0.1) is 67.8 Å². The zero-order chi connectivity index (χ0) is 90.2. The van der Waals surface area contributed by atoms with E-state index in [0.29, 0.717) is 57.8 Å². The van der Waals surface area contributed by atoms with E-state index in [1.807, 2.05) is 48.5 Å². The number of fused-ring (bicyclic) bond motifs is 11. The normalized spacial score (nSPS) is 30.3. The smallest absolute Gasteiger partial charge is 0.383 e. The van der Waals surface area contributed by atoms with E-state index < -0.39 is 114 Å². The van der Waals surface area contributed by atoms with Gasteiger partial charge in [0, 0.05) is 37.4 Å². The van der Waals surface area contributed by atoms with Crippen LogP contribution >= 0.6 is 14.5 Å². The summed E-state index contributed by atoms with van der Waals surface area (Å²) in [6.07, 6.45) is 4.52. The van der Waals surface area contributed by atoms with Crippen molar-refractivity contribution in [3.63, 3.8) is 0 Å². The average molecular weight is 1770 g/mol. The summed E-state index contributed by atoms with van der Waals surface area (Å²) in [5.41, 5.74) is 18.1. The standard InChI is InChI=1S/C20H32N5O7P.C20H32N5O6PS.C20H31N5O4.C20H33N3O4/c1-18(2,3)9-20-7-8-29-12(13(20)31-33(27,28)32-19(4,5)6)16(30-20)25-10-22-11-14(25)23-17(21)24-15(11)26;1-18(2,3)9-20-7-8-28-12(13(20)30-32(27,33)31-19(4,5)6)16(29-20)25-10-22-11-14(25)23-17(21)24-15(11)26;1-18(2,3)9-20-7-8-27-12(13(20)28-19(4,5)6)16(29-20)25-10-22-11-14(25)23-17(21)24-15(11)26;1-12-10-23(17(24)22-15(12)21)16-13-14(26-19(5,6)7)20(27-16,8-9-25-13)11-18(2,3)4/h10,12-13,16H,7-9H2,1-6H3,(H,27,28)(H3,21,23,24,26);10,12-13,16H,7-9H2,1-6H3,(H,27,33)(H3,21,23,24,26);10,12-13,16H,7-9H2,1-6H3,(H3,21,23,24,26);10,13-14,16H,8-9,11H2,1-7H3,(H2,21,22,24)/t12?,13-,16-,20-;12?,13-,16-,20-,32?;12?,13-,16-,20-;13?,14-,16-,20-/m1111/s1. The van der Waals surface area contributed by atoms with Gasteiger partial charge in [-0.25, -0.2) is 24.3 Å². The Morgan fingerprint density at radius 1 is 0.443 bits per heavy atom. The second kappa shape index (κ2) is 33.2. The van der Waals surface area contributed by atoms with Gasteiger partial charge in [-0.05, 0) is 149 Å². The molecule has 13 N–H and O–H groups in total. The molecule has 0 saturated carbocycles. The van der Waals surface area contributed by atoms with Gasteiger partial charge in [-0.1, -0.05) is 83.1 Å².